The Hall–Kier alpha value is -1.59. The maximum Gasteiger partial charge on any atom is 0.263 e. The minimum absolute atomic E-state index is 0.0300. The van der Waals surface area contributed by atoms with Gasteiger partial charge in [0.25, 0.3) is 5.56 Å². The minimum Gasteiger partial charge on any atom is -0.508 e. The van der Waals surface area contributed by atoms with Gasteiger partial charge in [0.2, 0.25) is 5.28 Å². The fraction of sp³-hybridized carbons (Fsp3) is 0.273. The Morgan fingerprint density at radius 2 is 2.24 bits per heavy atom. The summed E-state index contributed by atoms with van der Waals surface area (Å²) in [6.45, 7) is 1.80. The summed E-state index contributed by atoms with van der Waals surface area (Å²) < 4.78 is 1.34. The van der Waals surface area contributed by atoms with E-state index >= 15 is 0 Å². The number of hydrogen-bond donors (Lipinski definition) is 2. The minimum atomic E-state index is -0.280. The molecule has 2 N–H and O–H groups in total. The van der Waals surface area contributed by atoms with E-state index in [-0.39, 0.29) is 22.8 Å². The van der Waals surface area contributed by atoms with E-state index in [0.29, 0.717) is 10.9 Å². The summed E-state index contributed by atoms with van der Waals surface area (Å²) in [6.07, 6.45) is -0.269. The molecule has 0 aliphatic carbocycles. The SMILES string of the molecule is CNC(C)n1c(Cl)nc2ccc(O)cc2c1=O. The van der Waals surface area contributed by atoms with E-state index in [1.807, 2.05) is 0 Å². The van der Waals surface area contributed by atoms with Crippen LogP contribution in [0.15, 0.2) is 23.0 Å². The molecule has 90 valence electrons. The van der Waals surface area contributed by atoms with E-state index in [4.69, 9.17) is 11.6 Å². The van der Waals surface area contributed by atoms with Crippen molar-refractivity contribution >= 4 is 22.5 Å². The van der Waals surface area contributed by atoms with Crippen LogP contribution in [0.5, 0.6) is 5.75 Å². The third kappa shape index (κ3) is 1.99. The lowest BCUT2D eigenvalue weighted by atomic mass is 10.2. The van der Waals surface area contributed by atoms with Crippen molar-refractivity contribution in [1.29, 1.82) is 0 Å². The third-order valence-corrected chi connectivity index (χ3v) is 2.91. The lowest BCUT2D eigenvalue weighted by Gasteiger charge is -2.16. The van der Waals surface area contributed by atoms with E-state index in [1.165, 1.54) is 16.7 Å². The third-order valence-electron chi connectivity index (χ3n) is 2.65. The molecule has 0 aliphatic heterocycles. The normalized spacial score (nSPS) is 12.9. The molecule has 1 aromatic carbocycles. The molecule has 1 atom stereocenters. The fourth-order valence-electron chi connectivity index (χ4n) is 1.62. The number of aromatic hydroxyl groups is 1. The lowest BCUT2D eigenvalue weighted by molar-refractivity contribution is 0.460. The van der Waals surface area contributed by atoms with Gasteiger partial charge in [-0.2, -0.15) is 0 Å². The number of nitrogens with zero attached hydrogens (tertiary/aromatic N) is 2. The van der Waals surface area contributed by atoms with Gasteiger partial charge in [0.15, 0.2) is 0 Å². The topological polar surface area (TPSA) is 67.2 Å². The first-order valence-electron chi connectivity index (χ1n) is 5.12. The molecule has 2 aromatic rings. The maximum atomic E-state index is 12.2. The van der Waals surface area contributed by atoms with Gasteiger partial charge in [-0.05, 0) is 43.8 Å². The van der Waals surface area contributed by atoms with Gasteiger partial charge < -0.3 is 10.4 Å². The zero-order chi connectivity index (χ0) is 12.6. The second-order valence-electron chi connectivity index (χ2n) is 3.72. The largest absolute Gasteiger partial charge is 0.508 e. The van der Waals surface area contributed by atoms with Crippen LogP contribution in [-0.2, 0) is 0 Å². The summed E-state index contributed by atoms with van der Waals surface area (Å²) in [4.78, 5) is 16.3. The molecule has 6 heteroatoms. The van der Waals surface area contributed by atoms with Crippen molar-refractivity contribution in [2.24, 2.45) is 0 Å². The van der Waals surface area contributed by atoms with E-state index < -0.39 is 0 Å². The smallest absolute Gasteiger partial charge is 0.263 e. The molecule has 0 spiro atoms. The van der Waals surface area contributed by atoms with Crippen molar-refractivity contribution in [1.82, 2.24) is 14.9 Å². The summed E-state index contributed by atoms with van der Waals surface area (Å²) in [5, 5.41) is 12.8. The first-order valence-corrected chi connectivity index (χ1v) is 5.50. The Balaban J connectivity index is 2.83. The highest BCUT2D eigenvalue weighted by molar-refractivity contribution is 6.28. The Morgan fingerprint density at radius 1 is 1.53 bits per heavy atom. The van der Waals surface area contributed by atoms with Crippen LogP contribution < -0.4 is 10.9 Å². The summed E-state index contributed by atoms with van der Waals surface area (Å²) in [5.74, 6) is 0.0300. The number of phenols is 1. The Labute approximate surface area is 103 Å². The molecule has 0 saturated carbocycles. The van der Waals surface area contributed by atoms with Crippen LogP contribution in [0, 0.1) is 0 Å². The predicted octanol–water partition coefficient (Wildman–Crippen LogP) is 1.49. The standard InChI is InChI=1S/C11H12ClN3O2/c1-6(13-2)15-10(17)8-5-7(16)3-4-9(8)14-11(15)12/h3-6,13,16H,1-2H3. The highest BCUT2D eigenvalue weighted by Gasteiger charge is 2.13. The second-order valence-corrected chi connectivity index (χ2v) is 4.06. The van der Waals surface area contributed by atoms with Crippen LogP contribution in [-0.4, -0.2) is 21.7 Å². The maximum absolute atomic E-state index is 12.2. The van der Waals surface area contributed by atoms with Gasteiger partial charge >= 0.3 is 0 Å². The van der Waals surface area contributed by atoms with E-state index in [1.54, 1.807) is 20.0 Å². The van der Waals surface area contributed by atoms with Crippen molar-refractivity contribution in [3.63, 3.8) is 0 Å². The quantitative estimate of drug-likeness (QED) is 0.796. The first kappa shape index (κ1) is 11.9. The molecule has 17 heavy (non-hydrogen) atoms. The van der Waals surface area contributed by atoms with Gasteiger partial charge in [0.1, 0.15) is 5.75 Å². The number of fused-ring (bicyclic) bond motifs is 1. The van der Waals surface area contributed by atoms with Gasteiger partial charge in [-0.3, -0.25) is 9.36 Å². The monoisotopic (exact) mass is 253 g/mol. The fourth-order valence-corrected chi connectivity index (χ4v) is 1.94. The van der Waals surface area contributed by atoms with Crippen LogP contribution in [0.4, 0.5) is 0 Å². The van der Waals surface area contributed by atoms with Crippen LogP contribution in [0.2, 0.25) is 5.28 Å². The molecule has 0 aliphatic rings. The average Bonchev–Trinajstić information content (AvgIpc) is 2.30. The zero-order valence-electron chi connectivity index (χ0n) is 9.44. The van der Waals surface area contributed by atoms with Crippen LogP contribution >= 0.6 is 11.6 Å². The molecule has 0 bridgehead atoms. The Kier molecular flexibility index (Phi) is 3.04. The van der Waals surface area contributed by atoms with E-state index in [2.05, 4.69) is 10.3 Å². The number of phenolic OH excluding ortho intramolecular Hbond substituents is 1. The van der Waals surface area contributed by atoms with Crippen molar-refractivity contribution in [3.8, 4) is 5.75 Å². The average molecular weight is 254 g/mol. The highest BCUT2D eigenvalue weighted by Crippen LogP contribution is 2.18. The summed E-state index contributed by atoms with van der Waals surface area (Å²) in [6, 6.07) is 4.42. The van der Waals surface area contributed by atoms with Crippen LogP contribution in [0.3, 0.4) is 0 Å². The van der Waals surface area contributed by atoms with E-state index in [0.717, 1.165) is 0 Å². The molecule has 5 nitrogen and oxygen atoms in total. The van der Waals surface area contributed by atoms with Gasteiger partial charge in [0, 0.05) is 0 Å². The van der Waals surface area contributed by atoms with Gasteiger partial charge in [-0.1, -0.05) is 0 Å². The molecule has 0 amide bonds. The van der Waals surface area contributed by atoms with E-state index in [9.17, 15) is 9.90 Å². The molecular weight excluding hydrogens is 242 g/mol. The van der Waals surface area contributed by atoms with Crippen molar-refractivity contribution in [2.75, 3.05) is 7.05 Å². The summed E-state index contributed by atoms with van der Waals surface area (Å²) in [5.41, 5.74) is 0.190. The number of aromatic nitrogens is 2. The van der Waals surface area contributed by atoms with Gasteiger partial charge in [-0.25, -0.2) is 4.98 Å². The second kappa shape index (κ2) is 4.35. The first-order chi connectivity index (χ1) is 8.04. The molecule has 1 aromatic heterocycles. The molecule has 0 radical (unpaired) electrons. The highest BCUT2D eigenvalue weighted by atomic mass is 35.5. The van der Waals surface area contributed by atoms with Gasteiger partial charge in [-0.15, -0.1) is 0 Å². The molecule has 1 heterocycles. The Morgan fingerprint density at radius 3 is 2.88 bits per heavy atom. The van der Waals surface area contributed by atoms with Crippen molar-refractivity contribution < 1.29 is 5.11 Å². The number of benzene rings is 1. The summed E-state index contributed by atoms with van der Waals surface area (Å²) in [7, 11) is 1.72. The number of halogens is 1. The number of hydrogen-bond acceptors (Lipinski definition) is 4. The molecular formula is C11H12ClN3O2. The zero-order valence-corrected chi connectivity index (χ0v) is 10.2. The van der Waals surface area contributed by atoms with Crippen molar-refractivity contribution in [2.45, 2.75) is 13.1 Å². The molecule has 0 fully saturated rings. The predicted molar refractivity (Wildman–Crippen MR) is 66.4 cm³/mol. The van der Waals surface area contributed by atoms with Crippen LogP contribution in [0.25, 0.3) is 10.9 Å². The number of nitrogens with one attached hydrogen (secondary N) is 1. The van der Waals surface area contributed by atoms with Gasteiger partial charge in [0.05, 0.1) is 17.1 Å². The lowest BCUT2D eigenvalue weighted by Crippen LogP contribution is -2.31. The summed E-state index contributed by atoms with van der Waals surface area (Å²) >= 11 is 5.97. The Bertz CT molecular complexity index is 624. The van der Waals surface area contributed by atoms with Crippen molar-refractivity contribution in [3.05, 3.63) is 33.8 Å². The van der Waals surface area contributed by atoms with Crippen LogP contribution in [0.1, 0.15) is 13.1 Å². The molecule has 2 rings (SSSR count). The number of rotatable bonds is 2. The molecule has 1 unspecified atom stereocenters. The molecule has 0 saturated heterocycles.